The van der Waals surface area contributed by atoms with E-state index in [9.17, 15) is 5.11 Å². The average molecular weight is 218 g/mol. The van der Waals surface area contributed by atoms with Gasteiger partial charge >= 0.3 is 0 Å². The molecule has 1 heterocycles. The molecule has 0 amide bonds. The molecule has 2 rings (SSSR count). The minimum absolute atomic E-state index is 0.330. The van der Waals surface area contributed by atoms with E-state index in [0.717, 1.165) is 16.5 Å². The molecule has 1 atom stereocenters. The molecule has 1 unspecified atom stereocenters. The van der Waals surface area contributed by atoms with E-state index >= 15 is 0 Å². The molecule has 0 saturated carbocycles. The Bertz CT molecular complexity index is 468. The highest BCUT2D eigenvalue weighted by molar-refractivity contribution is 5.81. The van der Waals surface area contributed by atoms with Crippen LogP contribution in [0.4, 0.5) is 0 Å². The van der Waals surface area contributed by atoms with Gasteiger partial charge in [-0.3, -0.25) is 0 Å². The third-order valence-electron chi connectivity index (χ3n) is 2.44. The topological polar surface area (TPSA) is 55.2 Å². The number of aliphatic hydroxyl groups is 1. The van der Waals surface area contributed by atoms with E-state index in [1.54, 1.807) is 13.3 Å². The second kappa shape index (κ2) is 5.01. The van der Waals surface area contributed by atoms with Gasteiger partial charge in [0.15, 0.2) is 0 Å². The van der Waals surface area contributed by atoms with Crippen molar-refractivity contribution in [3.63, 3.8) is 0 Å². The van der Waals surface area contributed by atoms with Crippen molar-refractivity contribution >= 4 is 10.9 Å². The van der Waals surface area contributed by atoms with Gasteiger partial charge < -0.3 is 9.84 Å². The predicted molar refractivity (Wildman–Crippen MR) is 61.1 cm³/mol. The summed E-state index contributed by atoms with van der Waals surface area (Å²) in [6.07, 6.45) is 1.73. The Hall–Kier alpha value is -1.52. The molecule has 4 heteroatoms. The number of hydrogen-bond donors (Lipinski definition) is 1. The molecule has 0 saturated heterocycles. The van der Waals surface area contributed by atoms with Crippen molar-refractivity contribution in [2.24, 2.45) is 0 Å². The fraction of sp³-hybridized carbons (Fsp3) is 0.333. The van der Waals surface area contributed by atoms with Gasteiger partial charge in [0.05, 0.1) is 24.4 Å². The molecular weight excluding hydrogens is 204 g/mol. The first-order chi connectivity index (χ1) is 7.81. The van der Waals surface area contributed by atoms with Crippen LogP contribution in [0, 0.1) is 0 Å². The van der Waals surface area contributed by atoms with Crippen molar-refractivity contribution in [3.8, 4) is 0 Å². The van der Waals surface area contributed by atoms with Gasteiger partial charge in [0.25, 0.3) is 0 Å². The van der Waals surface area contributed by atoms with Gasteiger partial charge in [-0.25, -0.2) is 0 Å². The summed E-state index contributed by atoms with van der Waals surface area (Å²) in [5, 5.41) is 18.7. The quantitative estimate of drug-likeness (QED) is 0.837. The Kier molecular flexibility index (Phi) is 3.44. The van der Waals surface area contributed by atoms with Crippen molar-refractivity contribution in [2.45, 2.75) is 12.5 Å². The predicted octanol–water partition coefficient (Wildman–Crippen LogP) is 1.18. The van der Waals surface area contributed by atoms with Crippen LogP contribution in [0.5, 0.6) is 0 Å². The van der Waals surface area contributed by atoms with Gasteiger partial charge in [-0.05, 0) is 11.6 Å². The SMILES string of the molecule is COCC(O)Cc1cnnc2ccccc12. The monoisotopic (exact) mass is 218 g/mol. The number of aromatic nitrogens is 2. The van der Waals surface area contributed by atoms with Crippen LogP contribution in [0.3, 0.4) is 0 Å². The summed E-state index contributed by atoms with van der Waals surface area (Å²) >= 11 is 0. The Labute approximate surface area is 93.9 Å². The molecule has 2 aromatic rings. The number of nitrogens with zero attached hydrogens (tertiary/aromatic N) is 2. The van der Waals surface area contributed by atoms with Crippen molar-refractivity contribution in [3.05, 3.63) is 36.0 Å². The van der Waals surface area contributed by atoms with Crippen LogP contribution in [0.2, 0.25) is 0 Å². The summed E-state index contributed by atoms with van der Waals surface area (Å²) in [7, 11) is 1.58. The standard InChI is InChI=1S/C12H14N2O2/c1-16-8-10(15)6-9-7-13-14-12-5-3-2-4-11(9)12/h2-5,7,10,15H,6,8H2,1H3. The Balaban J connectivity index is 2.30. The number of rotatable bonds is 4. The van der Waals surface area contributed by atoms with E-state index in [1.807, 2.05) is 24.3 Å². The largest absolute Gasteiger partial charge is 0.390 e. The molecule has 1 N–H and O–H groups in total. The Morgan fingerprint density at radius 1 is 1.38 bits per heavy atom. The first kappa shape index (κ1) is 11.0. The molecule has 0 aliphatic heterocycles. The average Bonchev–Trinajstić information content (AvgIpc) is 2.30. The highest BCUT2D eigenvalue weighted by atomic mass is 16.5. The minimum atomic E-state index is -0.502. The molecule has 4 nitrogen and oxygen atoms in total. The first-order valence-corrected chi connectivity index (χ1v) is 5.17. The molecule has 1 aromatic heterocycles. The fourth-order valence-corrected chi connectivity index (χ4v) is 1.73. The second-order valence-corrected chi connectivity index (χ2v) is 3.70. The van der Waals surface area contributed by atoms with E-state index < -0.39 is 6.10 Å². The zero-order valence-electron chi connectivity index (χ0n) is 9.13. The number of hydrogen-bond acceptors (Lipinski definition) is 4. The first-order valence-electron chi connectivity index (χ1n) is 5.17. The Morgan fingerprint density at radius 3 is 3.00 bits per heavy atom. The normalized spacial score (nSPS) is 12.9. The molecule has 0 fully saturated rings. The zero-order valence-corrected chi connectivity index (χ0v) is 9.13. The lowest BCUT2D eigenvalue weighted by molar-refractivity contribution is 0.0652. The van der Waals surface area contributed by atoms with Crippen LogP contribution in [0.1, 0.15) is 5.56 Å². The number of methoxy groups -OCH3 is 1. The molecule has 16 heavy (non-hydrogen) atoms. The molecule has 0 aliphatic rings. The third-order valence-corrected chi connectivity index (χ3v) is 2.44. The zero-order chi connectivity index (χ0) is 11.4. The lowest BCUT2D eigenvalue weighted by Gasteiger charge is -2.10. The third kappa shape index (κ3) is 2.35. The highest BCUT2D eigenvalue weighted by Crippen LogP contribution is 2.16. The van der Waals surface area contributed by atoms with Gasteiger partial charge in [-0.15, -0.1) is 0 Å². The summed E-state index contributed by atoms with van der Waals surface area (Å²) in [4.78, 5) is 0. The smallest absolute Gasteiger partial charge is 0.0932 e. The number of ether oxygens (including phenoxy) is 1. The van der Waals surface area contributed by atoms with Gasteiger partial charge in [0.1, 0.15) is 0 Å². The summed E-state index contributed by atoms with van der Waals surface area (Å²) in [6, 6.07) is 7.77. The van der Waals surface area contributed by atoms with Crippen molar-refractivity contribution in [1.29, 1.82) is 0 Å². The number of aliphatic hydroxyl groups excluding tert-OH is 1. The van der Waals surface area contributed by atoms with Crippen LogP contribution < -0.4 is 0 Å². The fourth-order valence-electron chi connectivity index (χ4n) is 1.73. The van der Waals surface area contributed by atoms with Crippen LogP contribution >= 0.6 is 0 Å². The van der Waals surface area contributed by atoms with E-state index in [-0.39, 0.29) is 0 Å². The molecule has 0 aliphatic carbocycles. The number of fused-ring (bicyclic) bond motifs is 1. The van der Waals surface area contributed by atoms with Gasteiger partial charge in [-0.2, -0.15) is 10.2 Å². The summed E-state index contributed by atoms with van der Waals surface area (Å²) in [6.45, 7) is 0.330. The van der Waals surface area contributed by atoms with Crippen LogP contribution in [-0.4, -0.2) is 35.1 Å². The minimum Gasteiger partial charge on any atom is -0.390 e. The molecule has 0 spiro atoms. The van der Waals surface area contributed by atoms with Gasteiger partial charge in [0, 0.05) is 18.9 Å². The lowest BCUT2D eigenvalue weighted by atomic mass is 10.1. The van der Waals surface area contributed by atoms with Crippen LogP contribution in [0.25, 0.3) is 10.9 Å². The maximum absolute atomic E-state index is 9.69. The molecule has 0 bridgehead atoms. The van der Waals surface area contributed by atoms with Crippen molar-refractivity contribution in [1.82, 2.24) is 10.2 Å². The Morgan fingerprint density at radius 2 is 2.19 bits per heavy atom. The van der Waals surface area contributed by atoms with Gasteiger partial charge in [0.2, 0.25) is 0 Å². The molecule has 84 valence electrons. The molecular formula is C12H14N2O2. The van der Waals surface area contributed by atoms with Crippen molar-refractivity contribution in [2.75, 3.05) is 13.7 Å². The maximum Gasteiger partial charge on any atom is 0.0932 e. The van der Waals surface area contributed by atoms with E-state index in [1.165, 1.54) is 0 Å². The van der Waals surface area contributed by atoms with Crippen molar-refractivity contribution < 1.29 is 9.84 Å². The molecule has 1 aromatic carbocycles. The van der Waals surface area contributed by atoms with Crippen LogP contribution in [0.15, 0.2) is 30.5 Å². The summed E-state index contributed by atoms with van der Waals surface area (Å²) in [5.74, 6) is 0. The molecule has 0 radical (unpaired) electrons. The van der Waals surface area contributed by atoms with E-state index in [2.05, 4.69) is 10.2 Å². The second-order valence-electron chi connectivity index (χ2n) is 3.70. The maximum atomic E-state index is 9.69. The highest BCUT2D eigenvalue weighted by Gasteiger charge is 2.08. The summed E-state index contributed by atoms with van der Waals surface area (Å²) in [5.41, 5.74) is 1.85. The van der Waals surface area contributed by atoms with E-state index in [0.29, 0.717) is 13.0 Å². The van der Waals surface area contributed by atoms with Gasteiger partial charge in [-0.1, -0.05) is 18.2 Å². The lowest BCUT2D eigenvalue weighted by Crippen LogP contribution is -2.17. The van der Waals surface area contributed by atoms with E-state index in [4.69, 9.17) is 4.74 Å². The number of benzene rings is 1. The summed E-state index contributed by atoms with van der Waals surface area (Å²) < 4.78 is 4.90. The van der Waals surface area contributed by atoms with Crippen LogP contribution in [-0.2, 0) is 11.2 Å².